The van der Waals surface area contributed by atoms with Crippen LogP contribution >= 0.6 is 0 Å². The van der Waals surface area contributed by atoms with Gasteiger partial charge in [0.1, 0.15) is 6.29 Å². The fraction of sp³-hybridized carbons (Fsp3) is 0.579. The Labute approximate surface area is 133 Å². The van der Waals surface area contributed by atoms with Gasteiger partial charge in [0.25, 0.3) is 0 Å². The van der Waals surface area contributed by atoms with Crippen LogP contribution in [-0.4, -0.2) is 18.7 Å². The second-order valence-corrected chi connectivity index (χ2v) is 7.23. The van der Waals surface area contributed by atoms with Gasteiger partial charge in [0.05, 0.1) is 5.92 Å². The van der Waals surface area contributed by atoms with Crippen molar-refractivity contribution in [2.75, 3.05) is 6.54 Å². The summed E-state index contributed by atoms with van der Waals surface area (Å²) >= 11 is 0. The molecule has 1 saturated carbocycles. The Morgan fingerprint density at radius 3 is 2.64 bits per heavy atom. The van der Waals surface area contributed by atoms with E-state index in [9.17, 15) is 9.59 Å². The van der Waals surface area contributed by atoms with Crippen LogP contribution in [0, 0.1) is 17.3 Å². The molecule has 1 N–H and O–H groups in total. The maximum absolute atomic E-state index is 12.6. The molecule has 1 aliphatic rings. The molecule has 0 saturated heterocycles. The molecule has 1 unspecified atom stereocenters. The monoisotopic (exact) mass is 301 g/mol. The number of carbonyl (C=O) groups is 2. The molecule has 0 spiro atoms. The quantitative estimate of drug-likeness (QED) is 0.845. The lowest BCUT2D eigenvalue weighted by Crippen LogP contribution is -2.46. The number of carbonyl (C=O) groups excluding carboxylic acids is 2. The van der Waals surface area contributed by atoms with Crippen LogP contribution in [0.2, 0.25) is 0 Å². The molecule has 0 bridgehead atoms. The summed E-state index contributed by atoms with van der Waals surface area (Å²) in [5, 5.41) is 3.02. The van der Waals surface area contributed by atoms with Gasteiger partial charge in [0.2, 0.25) is 5.91 Å². The summed E-state index contributed by atoms with van der Waals surface area (Å²) in [6, 6.07) is 9.62. The van der Waals surface area contributed by atoms with Crippen molar-refractivity contribution in [3.63, 3.8) is 0 Å². The van der Waals surface area contributed by atoms with E-state index in [1.807, 2.05) is 30.3 Å². The summed E-state index contributed by atoms with van der Waals surface area (Å²) in [4.78, 5) is 24.0. The zero-order valence-electron chi connectivity index (χ0n) is 13.8. The second-order valence-electron chi connectivity index (χ2n) is 7.23. The molecule has 0 radical (unpaired) electrons. The topological polar surface area (TPSA) is 46.2 Å². The highest BCUT2D eigenvalue weighted by atomic mass is 16.2. The molecule has 22 heavy (non-hydrogen) atoms. The van der Waals surface area contributed by atoms with Crippen molar-refractivity contribution in [1.29, 1.82) is 0 Å². The molecular weight excluding hydrogens is 274 g/mol. The minimum atomic E-state index is -0.271. The fourth-order valence-corrected chi connectivity index (χ4v) is 3.85. The Bertz CT molecular complexity index is 509. The number of rotatable bonds is 5. The molecule has 1 aromatic carbocycles. The Kier molecular flexibility index (Phi) is 5.38. The van der Waals surface area contributed by atoms with Crippen molar-refractivity contribution >= 4 is 12.2 Å². The first kappa shape index (κ1) is 16.7. The molecule has 120 valence electrons. The van der Waals surface area contributed by atoms with Crippen LogP contribution in [0.25, 0.3) is 0 Å². The van der Waals surface area contributed by atoms with E-state index in [1.54, 1.807) is 0 Å². The number of nitrogens with one attached hydrogen (secondary N) is 1. The molecule has 0 heterocycles. The van der Waals surface area contributed by atoms with Crippen LogP contribution in [0.4, 0.5) is 0 Å². The lowest BCUT2D eigenvalue weighted by atomic mass is 9.64. The first-order valence-electron chi connectivity index (χ1n) is 8.23. The molecule has 1 aromatic rings. The molecule has 0 aliphatic heterocycles. The highest BCUT2D eigenvalue weighted by molar-refractivity contribution is 5.80. The lowest BCUT2D eigenvalue weighted by molar-refractivity contribution is -0.132. The van der Waals surface area contributed by atoms with Crippen LogP contribution in [0.1, 0.15) is 51.5 Å². The van der Waals surface area contributed by atoms with Crippen LogP contribution in [0.15, 0.2) is 30.3 Å². The van der Waals surface area contributed by atoms with Crippen LogP contribution < -0.4 is 5.32 Å². The maximum Gasteiger partial charge on any atom is 0.223 e. The van der Waals surface area contributed by atoms with E-state index in [0.29, 0.717) is 12.5 Å². The summed E-state index contributed by atoms with van der Waals surface area (Å²) in [6.07, 6.45) is 4.31. The normalized spacial score (nSPS) is 25.2. The van der Waals surface area contributed by atoms with Gasteiger partial charge in [-0.05, 0) is 29.7 Å². The van der Waals surface area contributed by atoms with Crippen LogP contribution in [0.5, 0.6) is 0 Å². The second kappa shape index (κ2) is 7.08. The highest BCUT2D eigenvalue weighted by Crippen LogP contribution is 2.43. The van der Waals surface area contributed by atoms with Gasteiger partial charge in [-0.25, -0.2) is 0 Å². The largest absolute Gasteiger partial charge is 0.355 e. The van der Waals surface area contributed by atoms with Gasteiger partial charge in [0.15, 0.2) is 0 Å². The molecule has 1 fully saturated rings. The van der Waals surface area contributed by atoms with Crippen molar-refractivity contribution in [1.82, 2.24) is 5.32 Å². The van der Waals surface area contributed by atoms with E-state index in [4.69, 9.17) is 0 Å². The van der Waals surface area contributed by atoms with Crippen molar-refractivity contribution < 1.29 is 9.59 Å². The van der Waals surface area contributed by atoms with E-state index in [-0.39, 0.29) is 23.2 Å². The van der Waals surface area contributed by atoms with Crippen LogP contribution in [-0.2, 0) is 9.59 Å². The molecule has 3 atom stereocenters. The molecule has 1 amide bonds. The number of aldehydes is 1. The SMILES string of the molecule is C[C@H]1CCCC(C)(C)C1C(=O)NC[C@H](C=O)c1ccccc1. The molecule has 2 rings (SSSR count). The van der Waals surface area contributed by atoms with Gasteiger partial charge in [0, 0.05) is 12.5 Å². The van der Waals surface area contributed by atoms with Gasteiger partial charge in [-0.1, -0.05) is 57.5 Å². The Morgan fingerprint density at radius 2 is 2.05 bits per heavy atom. The standard InChI is InChI=1S/C19H27NO2/c1-14-8-7-11-19(2,3)17(14)18(22)20-12-16(13-21)15-9-5-4-6-10-15/h4-6,9-10,13-14,16-17H,7-8,11-12H2,1-3H3,(H,20,22)/t14-,16+,17?/m0/s1. The van der Waals surface area contributed by atoms with Gasteiger partial charge in [-0.2, -0.15) is 0 Å². The van der Waals surface area contributed by atoms with Crippen LogP contribution in [0.3, 0.4) is 0 Å². The van der Waals surface area contributed by atoms with E-state index >= 15 is 0 Å². The summed E-state index contributed by atoms with van der Waals surface area (Å²) in [6.45, 7) is 6.91. The highest BCUT2D eigenvalue weighted by Gasteiger charge is 2.41. The predicted molar refractivity (Wildman–Crippen MR) is 88.5 cm³/mol. The van der Waals surface area contributed by atoms with Gasteiger partial charge in [-0.3, -0.25) is 4.79 Å². The first-order chi connectivity index (χ1) is 10.5. The molecule has 1 aliphatic carbocycles. The van der Waals surface area contributed by atoms with E-state index < -0.39 is 0 Å². The summed E-state index contributed by atoms with van der Waals surface area (Å²) < 4.78 is 0. The molecule has 0 aromatic heterocycles. The van der Waals surface area contributed by atoms with Gasteiger partial charge in [-0.15, -0.1) is 0 Å². The number of amides is 1. The van der Waals surface area contributed by atoms with E-state index in [1.165, 1.54) is 6.42 Å². The Balaban J connectivity index is 2.00. The summed E-state index contributed by atoms with van der Waals surface area (Å²) in [5.74, 6) is 0.256. The zero-order chi connectivity index (χ0) is 16.2. The van der Waals surface area contributed by atoms with Crippen molar-refractivity contribution in [2.45, 2.75) is 46.0 Å². The zero-order valence-corrected chi connectivity index (χ0v) is 13.8. The predicted octanol–water partition coefficient (Wildman–Crippen LogP) is 3.55. The summed E-state index contributed by atoms with van der Waals surface area (Å²) in [7, 11) is 0. The molecular formula is C19H27NO2. The summed E-state index contributed by atoms with van der Waals surface area (Å²) in [5.41, 5.74) is 0.985. The van der Waals surface area contributed by atoms with Crippen molar-refractivity contribution in [3.8, 4) is 0 Å². The molecule has 3 nitrogen and oxygen atoms in total. The van der Waals surface area contributed by atoms with Gasteiger partial charge < -0.3 is 10.1 Å². The average Bonchev–Trinajstić information content (AvgIpc) is 2.48. The third-order valence-corrected chi connectivity index (χ3v) is 5.06. The maximum atomic E-state index is 12.6. The molecule has 3 heteroatoms. The van der Waals surface area contributed by atoms with Gasteiger partial charge >= 0.3 is 0 Å². The lowest BCUT2D eigenvalue weighted by Gasteiger charge is -2.41. The van der Waals surface area contributed by atoms with Crippen molar-refractivity contribution in [2.24, 2.45) is 17.3 Å². The Hall–Kier alpha value is -1.64. The fourth-order valence-electron chi connectivity index (χ4n) is 3.85. The number of hydrogen-bond acceptors (Lipinski definition) is 2. The first-order valence-corrected chi connectivity index (χ1v) is 8.23. The average molecular weight is 301 g/mol. The van der Waals surface area contributed by atoms with E-state index in [0.717, 1.165) is 24.7 Å². The smallest absolute Gasteiger partial charge is 0.223 e. The minimum absolute atomic E-state index is 0.0318. The van der Waals surface area contributed by atoms with E-state index in [2.05, 4.69) is 26.1 Å². The third-order valence-electron chi connectivity index (χ3n) is 5.06. The Morgan fingerprint density at radius 1 is 1.36 bits per heavy atom. The number of hydrogen-bond donors (Lipinski definition) is 1. The van der Waals surface area contributed by atoms with Crippen molar-refractivity contribution in [3.05, 3.63) is 35.9 Å². The number of benzene rings is 1. The minimum Gasteiger partial charge on any atom is -0.355 e. The third kappa shape index (κ3) is 3.76.